The quantitative estimate of drug-likeness (QED) is 0.579. The van der Waals surface area contributed by atoms with Gasteiger partial charge in [0.1, 0.15) is 0 Å². The maximum Gasteiger partial charge on any atom is 0.161 e. The standard InChI is InChI=1S/C22H28ClNO2.C2H2O4/c1-4-25-21-14-17-12-13-24(3)20(19(17)15-22(21)26-5-2)11-8-16-6-9-18(23)10-7-16;3-1(4)2(5)6/h6-7,9-10,14-15,20H,4-5,8,11-13H2,1-3H3;(H,3,4)(H,5,6)/p-2. The van der Waals surface area contributed by atoms with Crippen molar-refractivity contribution in [2.75, 3.05) is 26.8 Å². The highest BCUT2D eigenvalue weighted by atomic mass is 35.5. The third kappa shape index (κ3) is 7.14. The fraction of sp³-hybridized carbons (Fsp3) is 0.417. The monoisotopic (exact) mass is 461 g/mol. The molecule has 7 nitrogen and oxygen atoms in total. The highest BCUT2D eigenvalue weighted by Gasteiger charge is 2.26. The highest BCUT2D eigenvalue weighted by Crippen LogP contribution is 2.39. The van der Waals surface area contributed by atoms with Gasteiger partial charge < -0.3 is 29.3 Å². The van der Waals surface area contributed by atoms with Gasteiger partial charge in [-0.15, -0.1) is 0 Å². The molecule has 0 aromatic heterocycles. The second-order valence-electron chi connectivity index (χ2n) is 7.35. The molecule has 174 valence electrons. The minimum atomic E-state index is -2.19. The van der Waals surface area contributed by atoms with Gasteiger partial charge in [0.2, 0.25) is 0 Å². The Hall–Kier alpha value is -2.77. The van der Waals surface area contributed by atoms with Gasteiger partial charge in [-0.2, -0.15) is 0 Å². The van der Waals surface area contributed by atoms with Crippen molar-refractivity contribution in [2.45, 2.75) is 39.2 Å². The van der Waals surface area contributed by atoms with Crippen LogP contribution in [0.3, 0.4) is 0 Å². The number of carbonyl (C=O) groups is 2. The van der Waals surface area contributed by atoms with Gasteiger partial charge in [0.15, 0.2) is 11.5 Å². The topological polar surface area (TPSA) is 102 Å². The van der Waals surface area contributed by atoms with Crippen LogP contribution in [0.5, 0.6) is 11.5 Å². The van der Waals surface area contributed by atoms with E-state index in [0.717, 1.165) is 42.3 Å². The summed E-state index contributed by atoms with van der Waals surface area (Å²) in [4.78, 5) is 20.3. The molecule has 0 saturated heterocycles. The average molecular weight is 462 g/mol. The molecule has 8 heteroatoms. The molecule has 0 bridgehead atoms. The largest absolute Gasteiger partial charge is 0.543 e. The molecule has 32 heavy (non-hydrogen) atoms. The van der Waals surface area contributed by atoms with Crippen LogP contribution in [0, 0.1) is 0 Å². The van der Waals surface area contributed by atoms with E-state index < -0.39 is 11.9 Å². The number of likely N-dealkylation sites (N-methyl/N-ethyl adjacent to an activating group) is 1. The number of hydrogen-bond donors (Lipinski definition) is 0. The summed E-state index contributed by atoms with van der Waals surface area (Å²) in [6.07, 6.45) is 3.16. The minimum Gasteiger partial charge on any atom is -0.543 e. The first kappa shape index (κ1) is 25.5. The number of rotatable bonds is 7. The van der Waals surface area contributed by atoms with Crippen molar-refractivity contribution in [1.82, 2.24) is 4.90 Å². The van der Waals surface area contributed by atoms with Gasteiger partial charge in [-0.3, -0.25) is 4.90 Å². The number of carboxylic acid groups (broad SMARTS) is 2. The lowest BCUT2D eigenvalue weighted by Gasteiger charge is -2.35. The maximum atomic E-state index is 8.93. The molecule has 0 fully saturated rings. The number of carboxylic acids is 2. The summed E-state index contributed by atoms with van der Waals surface area (Å²) in [7, 11) is 2.21. The molecule has 2 aromatic rings. The van der Waals surface area contributed by atoms with Crippen molar-refractivity contribution in [3.63, 3.8) is 0 Å². The fourth-order valence-corrected chi connectivity index (χ4v) is 3.83. The number of fused-ring (bicyclic) bond motifs is 1. The predicted octanol–water partition coefficient (Wildman–Crippen LogP) is 1.79. The van der Waals surface area contributed by atoms with Gasteiger partial charge in [0, 0.05) is 17.6 Å². The van der Waals surface area contributed by atoms with E-state index in [1.807, 2.05) is 26.0 Å². The number of carbonyl (C=O) groups excluding carboxylic acids is 2. The predicted molar refractivity (Wildman–Crippen MR) is 118 cm³/mol. The summed E-state index contributed by atoms with van der Waals surface area (Å²) in [6.45, 7) is 6.39. The highest BCUT2D eigenvalue weighted by molar-refractivity contribution is 6.30. The summed E-state index contributed by atoms with van der Waals surface area (Å²) >= 11 is 6.00. The van der Waals surface area contributed by atoms with Crippen LogP contribution >= 0.6 is 11.6 Å². The molecule has 0 saturated carbocycles. The Morgan fingerprint density at radius 1 is 1.03 bits per heavy atom. The summed E-state index contributed by atoms with van der Waals surface area (Å²) in [6, 6.07) is 13.0. The minimum absolute atomic E-state index is 0.393. The van der Waals surface area contributed by atoms with E-state index >= 15 is 0 Å². The zero-order chi connectivity index (χ0) is 23.7. The first-order chi connectivity index (χ1) is 15.3. The number of ether oxygens (including phenoxy) is 2. The van der Waals surface area contributed by atoms with Gasteiger partial charge in [-0.25, -0.2) is 0 Å². The Morgan fingerprint density at radius 2 is 1.59 bits per heavy atom. The van der Waals surface area contributed by atoms with E-state index in [1.54, 1.807) is 0 Å². The number of aliphatic carboxylic acids is 2. The molecule has 0 spiro atoms. The Kier molecular flexibility index (Phi) is 9.81. The Balaban J connectivity index is 0.000000534. The molecular weight excluding hydrogens is 434 g/mol. The van der Waals surface area contributed by atoms with E-state index in [0.29, 0.717) is 19.3 Å². The molecule has 0 radical (unpaired) electrons. The molecule has 1 unspecified atom stereocenters. The zero-order valence-electron chi connectivity index (χ0n) is 18.6. The van der Waals surface area contributed by atoms with E-state index in [1.165, 1.54) is 16.7 Å². The van der Waals surface area contributed by atoms with Crippen molar-refractivity contribution in [3.05, 3.63) is 58.1 Å². The number of aryl methyl sites for hydroxylation is 1. The second kappa shape index (κ2) is 12.3. The van der Waals surface area contributed by atoms with Crippen LogP contribution in [0.25, 0.3) is 0 Å². The first-order valence-electron chi connectivity index (χ1n) is 10.6. The zero-order valence-corrected chi connectivity index (χ0v) is 19.3. The Labute approximate surface area is 193 Å². The van der Waals surface area contributed by atoms with E-state index in [9.17, 15) is 0 Å². The van der Waals surface area contributed by atoms with Crippen molar-refractivity contribution >= 4 is 23.5 Å². The first-order valence-corrected chi connectivity index (χ1v) is 10.9. The third-order valence-electron chi connectivity index (χ3n) is 5.22. The molecule has 3 rings (SSSR count). The fourth-order valence-electron chi connectivity index (χ4n) is 3.70. The smallest absolute Gasteiger partial charge is 0.161 e. The third-order valence-corrected chi connectivity index (χ3v) is 5.47. The van der Waals surface area contributed by atoms with Gasteiger partial charge in [-0.05, 0) is 81.1 Å². The number of nitrogens with zero attached hydrogens (tertiary/aromatic N) is 1. The molecular formula is C24H28ClNO6-2. The normalized spacial score (nSPS) is 15.2. The lowest BCUT2D eigenvalue weighted by Crippen LogP contribution is -2.42. The average Bonchev–Trinajstić information content (AvgIpc) is 2.76. The SMILES string of the molecule is CCOc1cc2c(cc1OCC)C(CCc1ccc(Cl)cc1)N(C)CC2.O=C([O-])C(=O)[O-]. The van der Waals surface area contributed by atoms with Gasteiger partial charge in [0.05, 0.1) is 25.2 Å². The second-order valence-corrected chi connectivity index (χ2v) is 7.79. The van der Waals surface area contributed by atoms with Crippen molar-refractivity contribution in [3.8, 4) is 11.5 Å². The van der Waals surface area contributed by atoms with Crippen LogP contribution in [-0.2, 0) is 22.4 Å². The molecule has 2 aromatic carbocycles. The van der Waals surface area contributed by atoms with Crippen LogP contribution in [0.4, 0.5) is 0 Å². The van der Waals surface area contributed by atoms with Crippen molar-refractivity contribution in [2.24, 2.45) is 0 Å². The summed E-state index contributed by atoms with van der Waals surface area (Å²) in [5.74, 6) is -2.64. The number of benzene rings is 2. The van der Waals surface area contributed by atoms with Crippen LogP contribution in [0.2, 0.25) is 5.02 Å². The molecule has 0 N–H and O–H groups in total. The Morgan fingerprint density at radius 3 is 2.12 bits per heavy atom. The van der Waals surface area contributed by atoms with Crippen LogP contribution in [-0.4, -0.2) is 43.6 Å². The van der Waals surface area contributed by atoms with E-state index in [2.05, 4.69) is 36.2 Å². The summed E-state index contributed by atoms with van der Waals surface area (Å²) in [5, 5.41) is 18.6. The number of hydrogen-bond acceptors (Lipinski definition) is 7. The molecule has 0 amide bonds. The molecule has 1 atom stereocenters. The molecule has 1 aliphatic heterocycles. The summed E-state index contributed by atoms with van der Waals surface area (Å²) in [5.41, 5.74) is 4.08. The van der Waals surface area contributed by atoms with Crippen LogP contribution in [0.15, 0.2) is 36.4 Å². The van der Waals surface area contributed by atoms with E-state index in [4.69, 9.17) is 40.9 Å². The van der Waals surface area contributed by atoms with Crippen molar-refractivity contribution in [1.29, 1.82) is 0 Å². The Bertz CT molecular complexity index is 903. The van der Waals surface area contributed by atoms with E-state index in [-0.39, 0.29) is 0 Å². The van der Waals surface area contributed by atoms with Crippen LogP contribution in [0.1, 0.15) is 43.0 Å². The lowest BCUT2D eigenvalue weighted by molar-refractivity contribution is -0.345. The van der Waals surface area contributed by atoms with Gasteiger partial charge in [-0.1, -0.05) is 23.7 Å². The molecule has 1 heterocycles. The van der Waals surface area contributed by atoms with Crippen molar-refractivity contribution < 1.29 is 29.3 Å². The lowest BCUT2D eigenvalue weighted by atomic mass is 9.89. The molecule has 1 aliphatic rings. The molecule has 0 aliphatic carbocycles. The number of halogens is 1. The van der Waals surface area contributed by atoms with Gasteiger partial charge >= 0.3 is 0 Å². The maximum absolute atomic E-state index is 8.93. The summed E-state index contributed by atoms with van der Waals surface area (Å²) < 4.78 is 11.7. The van der Waals surface area contributed by atoms with Gasteiger partial charge in [0.25, 0.3) is 0 Å². The van der Waals surface area contributed by atoms with Crippen LogP contribution < -0.4 is 19.7 Å².